The Labute approximate surface area is 181 Å². The molecular formula is C23H25ClN2O2S. The van der Waals surface area contributed by atoms with E-state index in [1.807, 2.05) is 51.9 Å². The summed E-state index contributed by atoms with van der Waals surface area (Å²) in [7, 11) is 0. The molecule has 2 aliphatic heterocycles. The molecule has 0 atom stereocenters. The van der Waals surface area contributed by atoms with Crippen LogP contribution in [0.1, 0.15) is 35.2 Å². The van der Waals surface area contributed by atoms with Crippen LogP contribution in [0.4, 0.5) is 0 Å². The molecule has 2 saturated heterocycles. The van der Waals surface area contributed by atoms with Crippen LogP contribution in [-0.4, -0.2) is 51.9 Å². The maximum absolute atomic E-state index is 13.1. The van der Waals surface area contributed by atoms with E-state index in [4.69, 9.17) is 11.6 Å². The number of hydrogen-bond acceptors (Lipinski definition) is 3. The Kier molecular flexibility index (Phi) is 6.16. The molecule has 0 bridgehead atoms. The molecule has 29 heavy (non-hydrogen) atoms. The van der Waals surface area contributed by atoms with Crippen LogP contribution in [0, 0.1) is 0 Å². The third-order valence-corrected chi connectivity index (χ3v) is 7.65. The minimum Gasteiger partial charge on any atom is -0.342 e. The molecule has 6 heteroatoms. The van der Waals surface area contributed by atoms with E-state index in [9.17, 15) is 9.59 Å². The first-order valence-corrected chi connectivity index (χ1v) is 11.5. The molecule has 2 heterocycles. The molecule has 4 rings (SSSR count). The van der Waals surface area contributed by atoms with E-state index in [0.29, 0.717) is 30.1 Å². The van der Waals surface area contributed by atoms with Crippen molar-refractivity contribution in [2.75, 3.05) is 25.4 Å². The van der Waals surface area contributed by atoms with Gasteiger partial charge in [-0.2, -0.15) is 0 Å². The summed E-state index contributed by atoms with van der Waals surface area (Å²) < 4.78 is 0. The van der Waals surface area contributed by atoms with Gasteiger partial charge < -0.3 is 9.80 Å². The second kappa shape index (κ2) is 8.80. The fraction of sp³-hybridized carbons (Fsp3) is 0.391. The highest BCUT2D eigenvalue weighted by molar-refractivity contribution is 8.00. The number of benzene rings is 2. The third kappa shape index (κ3) is 4.46. The van der Waals surface area contributed by atoms with Crippen LogP contribution in [0.3, 0.4) is 0 Å². The Bertz CT molecular complexity index is 881. The van der Waals surface area contributed by atoms with Gasteiger partial charge in [0.2, 0.25) is 5.91 Å². The van der Waals surface area contributed by atoms with E-state index in [2.05, 4.69) is 12.1 Å². The number of carbonyl (C=O) groups is 2. The molecule has 2 fully saturated rings. The van der Waals surface area contributed by atoms with Gasteiger partial charge in [0.15, 0.2) is 0 Å². The highest BCUT2D eigenvalue weighted by Crippen LogP contribution is 2.44. The summed E-state index contributed by atoms with van der Waals surface area (Å²) >= 11 is 7.94. The lowest BCUT2D eigenvalue weighted by atomic mass is 10.00. The van der Waals surface area contributed by atoms with E-state index in [0.717, 1.165) is 31.6 Å². The largest absolute Gasteiger partial charge is 0.342 e. The van der Waals surface area contributed by atoms with Gasteiger partial charge in [-0.25, -0.2) is 0 Å². The number of likely N-dealkylation sites (tertiary alicyclic amines) is 1. The maximum atomic E-state index is 13.1. The lowest BCUT2D eigenvalue weighted by molar-refractivity contribution is -0.132. The molecule has 0 saturated carbocycles. The van der Waals surface area contributed by atoms with Gasteiger partial charge in [-0.3, -0.25) is 9.59 Å². The monoisotopic (exact) mass is 428 g/mol. The number of rotatable bonds is 4. The summed E-state index contributed by atoms with van der Waals surface area (Å²) in [5.74, 6) is 1.19. The van der Waals surface area contributed by atoms with Crippen molar-refractivity contribution in [3.05, 3.63) is 70.7 Å². The molecule has 0 radical (unpaired) electrons. The number of amides is 2. The minimum atomic E-state index is -0.199. The first kappa shape index (κ1) is 20.3. The van der Waals surface area contributed by atoms with E-state index in [-0.39, 0.29) is 16.7 Å². The van der Waals surface area contributed by atoms with E-state index in [1.54, 1.807) is 12.1 Å². The summed E-state index contributed by atoms with van der Waals surface area (Å²) in [6.45, 7) is 2.16. The lowest BCUT2D eigenvalue weighted by Crippen LogP contribution is -2.53. The van der Waals surface area contributed by atoms with Gasteiger partial charge in [-0.1, -0.05) is 48.0 Å². The molecule has 0 aliphatic carbocycles. The van der Waals surface area contributed by atoms with Crippen LogP contribution in [-0.2, 0) is 11.2 Å². The molecule has 2 aliphatic rings. The molecule has 0 N–H and O–H groups in total. The second-order valence-corrected chi connectivity index (χ2v) is 9.52. The average Bonchev–Trinajstić information content (AvgIpc) is 3.15. The standard InChI is InChI=1S/C23H25ClN2O2S/c24-20-8-4-7-19(17-20)22(28)26-15-16-29-23(26)11-13-25(14-12-23)21(27)10-9-18-5-2-1-3-6-18/h1-8,17H,9-16H2. The van der Waals surface area contributed by atoms with E-state index < -0.39 is 0 Å². The predicted octanol–water partition coefficient (Wildman–Crippen LogP) is 4.48. The quantitative estimate of drug-likeness (QED) is 0.720. The van der Waals surface area contributed by atoms with Gasteiger partial charge in [0, 0.05) is 42.4 Å². The zero-order valence-corrected chi connectivity index (χ0v) is 17.9. The minimum absolute atomic E-state index is 0.0429. The lowest BCUT2D eigenvalue weighted by Gasteiger charge is -2.44. The maximum Gasteiger partial charge on any atom is 0.255 e. The Morgan fingerprint density at radius 2 is 1.76 bits per heavy atom. The van der Waals surface area contributed by atoms with Crippen LogP contribution < -0.4 is 0 Å². The van der Waals surface area contributed by atoms with Crippen molar-refractivity contribution in [1.82, 2.24) is 9.80 Å². The topological polar surface area (TPSA) is 40.6 Å². The molecular weight excluding hydrogens is 404 g/mol. The first-order valence-electron chi connectivity index (χ1n) is 10.1. The Morgan fingerprint density at radius 3 is 2.48 bits per heavy atom. The first-order chi connectivity index (χ1) is 14.1. The SMILES string of the molecule is O=C(CCc1ccccc1)N1CCC2(CC1)SCCN2C(=O)c1cccc(Cl)c1. The molecule has 2 aromatic carbocycles. The Balaban J connectivity index is 1.37. The number of hydrogen-bond donors (Lipinski definition) is 0. The highest BCUT2D eigenvalue weighted by Gasteiger charge is 2.47. The molecule has 1 spiro atoms. The van der Waals surface area contributed by atoms with Crippen molar-refractivity contribution in [1.29, 1.82) is 0 Å². The molecule has 0 aromatic heterocycles. The van der Waals surface area contributed by atoms with Crippen LogP contribution in [0.15, 0.2) is 54.6 Å². The van der Waals surface area contributed by atoms with E-state index >= 15 is 0 Å². The zero-order chi connectivity index (χ0) is 20.3. The number of halogens is 1. The number of thioether (sulfide) groups is 1. The van der Waals surface area contributed by atoms with Crippen LogP contribution in [0.2, 0.25) is 5.02 Å². The van der Waals surface area contributed by atoms with Crippen molar-refractivity contribution in [3.63, 3.8) is 0 Å². The molecule has 2 amide bonds. The van der Waals surface area contributed by atoms with Crippen molar-refractivity contribution >= 4 is 35.2 Å². The van der Waals surface area contributed by atoms with Crippen molar-refractivity contribution < 1.29 is 9.59 Å². The Morgan fingerprint density at radius 1 is 1.00 bits per heavy atom. The number of nitrogens with zero attached hydrogens (tertiary/aromatic N) is 2. The van der Waals surface area contributed by atoms with Crippen molar-refractivity contribution in [2.24, 2.45) is 0 Å². The molecule has 4 nitrogen and oxygen atoms in total. The summed E-state index contributed by atoms with van der Waals surface area (Å²) in [4.78, 5) is 29.6. The average molecular weight is 429 g/mol. The molecule has 2 aromatic rings. The zero-order valence-electron chi connectivity index (χ0n) is 16.4. The van der Waals surface area contributed by atoms with Crippen molar-refractivity contribution in [2.45, 2.75) is 30.6 Å². The number of aryl methyl sites for hydroxylation is 1. The summed E-state index contributed by atoms with van der Waals surface area (Å²) in [5.41, 5.74) is 1.83. The summed E-state index contributed by atoms with van der Waals surface area (Å²) in [6.07, 6.45) is 2.95. The molecule has 0 unspecified atom stereocenters. The van der Waals surface area contributed by atoms with Gasteiger partial charge in [0.25, 0.3) is 5.91 Å². The van der Waals surface area contributed by atoms with Crippen LogP contribution in [0.5, 0.6) is 0 Å². The van der Waals surface area contributed by atoms with Gasteiger partial charge >= 0.3 is 0 Å². The smallest absolute Gasteiger partial charge is 0.255 e. The fourth-order valence-corrected chi connectivity index (χ4v) is 5.89. The summed E-state index contributed by atoms with van der Waals surface area (Å²) in [6, 6.07) is 17.3. The predicted molar refractivity (Wildman–Crippen MR) is 118 cm³/mol. The number of carbonyl (C=O) groups excluding carboxylic acids is 2. The van der Waals surface area contributed by atoms with Gasteiger partial charge in [-0.15, -0.1) is 11.8 Å². The van der Waals surface area contributed by atoms with Gasteiger partial charge in [-0.05, 0) is 43.0 Å². The van der Waals surface area contributed by atoms with Gasteiger partial charge in [0.05, 0.1) is 4.87 Å². The van der Waals surface area contributed by atoms with E-state index in [1.165, 1.54) is 5.56 Å². The van der Waals surface area contributed by atoms with Gasteiger partial charge in [0.1, 0.15) is 0 Å². The Hall–Kier alpha value is -1.98. The third-order valence-electron chi connectivity index (χ3n) is 5.86. The fourth-order valence-electron chi connectivity index (χ4n) is 4.25. The highest BCUT2D eigenvalue weighted by atomic mass is 35.5. The normalized spacial score (nSPS) is 18.2. The van der Waals surface area contributed by atoms with Crippen LogP contribution >= 0.6 is 23.4 Å². The van der Waals surface area contributed by atoms with Crippen molar-refractivity contribution in [3.8, 4) is 0 Å². The number of piperidine rings is 1. The molecule has 152 valence electrons. The summed E-state index contributed by atoms with van der Waals surface area (Å²) in [5, 5.41) is 0.579. The van der Waals surface area contributed by atoms with Crippen LogP contribution in [0.25, 0.3) is 0 Å². The second-order valence-electron chi connectivity index (χ2n) is 7.63.